The monoisotopic (exact) mass is 201 g/mol. The molecule has 15 heavy (non-hydrogen) atoms. The second-order valence-corrected chi connectivity index (χ2v) is 4.39. The van der Waals surface area contributed by atoms with Crippen molar-refractivity contribution in [2.75, 3.05) is 0 Å². The Morgan fingerprint density at radius 3 is 2.93 bits per heavy atom. The van der Waals surface area contributed by atoms with E-state index in [9.17, 15) is 0 Å². The number of hydrogen-bond donors (Lipinski definition) is 0. The SMILES string of the molecule is CCCCC1=NC(C)Cc2ccccc21. The molecular formula is C14H19N. The van der Waals surface area contributed by atoms with Gasteiger partial charge < -0.3 is 0 Å². The van der Waals surface area contributed by atoms with E-state index in [1.165, 1.54) is 29.7 Å². The number of nitrogens with zero attached hydrogens (tertiary/aromatic N) is 1. The first-order valence-corrected chi connectivity index (χ1v) is 5.96. The minimum Gasteiger partial charge on any atom is -0.286 e. The molecule has 1 nitrogen and oxygen atoms in total. The Labute approximate surface area is 92.2 Å². The Hall–Kier alpha value is -1.11. The van der Waals surface area contributed by atoms with Gasteiger partial charge in [-0.15, -0.1) is 0 Å². The fourth-order valence-electron chi connectivity index (χ4n) is 2.22. The maximum absolute atomic E-state index is 4.78. The van der Waals surface area contributed by atoms with Crippen molar-refractivity contribution >= 4 is 5.71 Å². The molecule has 0 bridgehead atoms. The zero-order valence-electron chi connectivity index (χ0n) is 9.66. The molecule has 2 rings (SSSR count). The van der Waals surface area contributed by atoms with Gasteiger partial charge in [0.15, 0.2) is 0 Å². The minimum atomic E-state index is 0.465. The zero-order valence-corrected chi connectivity index (χ0v) is 9.66. The van der Waals surface area contributed by atoms with E-state index in [1.54, 1.807) is 0 Å². The first kappa shape index (κ1) is 10.4. The van der Waals surface area contributed by atoms with Crippen LogP contribution in [0.4, 0.5) is 0 Å². The molecule has 0 aliphatic carbocycles. The summed E-state index contributed by atoms with van der Waals surface area (Å²) in [6.07, 6.45) is 4.74. The molecule has 1 heterocycles. The summed E-state index contributed by atoms with van der Waals surface area (Å²) in [4.78, 5) is 4.78. The molecule has 0 spiro atoms. The first-order valence-electron chi connectivity index (χ1n) is 5.96. The van der Waals surface area contributed by atoms with E-state index in [2.05, 4.69) is 38.1 Å². The van der Waals surface area contributed by atoms with Crippen molar-refractivity contribution < 1.29 is 0 Å². The predicted octanol–water partition coefficient (Wildman–Crippen LogP) is 3.61. The Morgan fingerprint density at radius 1 is 1.33 bits per heavy atom. The van der Waals surface area contributed by atoms with Crippen LogP contribution in [0.15, 0.2) is 29.3 Å². The van der Waals surface area contributed by atoms with Gasteiger partial charge in [0.25, 0.3) is 0 Å². The third-order valence-corrected chi connectivity index (χ3v) is 2.99. The van der Waals surface area contributed by atoms with Gasteiger partial charge in [0.2, 0.25) is 0 Å². The molecule has 0 fully saturated rings. The molecule has 1 heteroatoms. The van der Waals surface area contributed by atoms with E-state index in [4.69, 9.17) is 4.99 Å². The molecule has 1 atom stereocenters. The second-order valence-electron chi connectivity index (χ2n) is 4.39. The second kappa shape index (κ2) is 4.61. The van der Waals surface area contributed by atoms with Gasteiger partial charge in [-0.3, -0.25) is 4.99 Å². The van der Waals surface area contributed by atoms with E-state index in [-0.39, 0.29) is 0 Å². The third-order valence-electron chi connectivity index (χ3n) is 2.99. The summed E-state index contributed by atoms with van der Waals surface area (Å²) in [5.41, 5.74) is 4.20. The van der Waals surface area contributed by atoms with Gasteiger partial charge in [0, 0.05) is 5.71 Å². The highest BCUT2D eigenvalue weighted by molar-refractivity contribution is 6.02. The van der Waals surface area contributed by atoms with Crippen LogP contribution in [-0.4, -0.2) is 11.8 Å². The first-order chi connectivity index (χ1) is 7.31. The van der Waals surface area contributed by atoms with Crippen LogP contribution >= 0.6 is 0 Å². The highest BCUT2D eigenvalue weighted by Crippen LogP contribution is 2.21. The van der Waals surface area contributed by atoms with Gasteiger partial charge in [0.1, 0.15) is 0 Å². The topological polar surface area (TPSA) is 12.4 Å². The smallest absolute Gasteiger partial charge is 0.0515 e. The molecule has 0 radical (unpaired) electrons. The largest absolute Gasteiger partial charge is 0.286 e. The average molecular weight is 201 g/mol. The summed E-state index contributed by atoms with van der Waals surface area (Å²) in [7, 11) is 0. The summed E-state index contributed by atoms with van der Waals surface area (Å²) in [6, 6.07) is 9.18. The van der Waals surface area contributed by atoms with Gasteiger partial charge in [-0.2, -0.15) is 0 Å². The van der Waals surface area contributed by atoms with Crippen LogP contribution in [0.5, 0.6) is 0 Å². The normalized spacial score (nSPS) is 19.6. The highest BCUT2D eigenvalue weighted by Gasteiger charge is 2.16. The fourth-order valence-corrected chi connectivity index (χ4v) is 2.22. The number of unbranched alkanes of at least 4 members (excludes halogenated alkanes) is 1. The van der Waals surface area contributed by atoms with E-state index in [0.29, 0.717) is 6.04 Å². The van der Waals surface area contributed by atoms with Gasteiger partial charge in [0.05, 0.1) is 6.04 Å². The Kier molecular flexibility index (Phi) is 3.20. The van der Waals surface area contributed by atoms with Crippen LogP contribution in [0.1, 0.15) is 44.2 Å². The summed E-state index contributed by atoms with van der Waals surface area (Å²) in [6.45, 7) is 4.45. The van der Waals surface area contributed by atoms with Crippen LogP contribution in [0.2, 0.25) is 0 Å². The van der Waals surface area contributed by atoms with Gasteiger partial charge in [-0.25, -0.2) is 0 Å². The van der Waals surface area contributed by atoms with Crippen molar-refractivity contribution in [3.05, 3.63) is 35.4 Å². The van der Waals surface area contributed by atoms with Gasteiger partial charge >= 0.3 is 0 Å². The van der Waals surface area contributed by atoms with Crippen molar-refractivity contribution in [3.8, 4) is 0 Å². The lowest BCUT2D eigenvalue weighted by molar-refractivity contribution is 0.715. The van der Waals surface area contributed by atoms with Crippen LogP contribution in [0.3, 0.4) is 0 Å². The maximum atomic E-state index is 4.78. The summed E-state index contributed by atoms with van der Waals surface area (Å²) in [5, 5.41) is 0. The van der Waals surface area contributed by atoms with Crippen molar-refractivity contribution in [1.29, 1.82) is 0 Å². The Bertz CT molecular complexity index is 365. The van der Waals surface area contributed by atoms with E-state index in [0.717, 1.165) is 12.8 Å². The quantitative estimate of drug-likeness (QED) is 0.708. The van der Waals surface area contributed by atoms with Gasteiger partial charge in [-0.05, 0) is 37.3 Å². The van der Waals surface area contributed by atoms with Crippen molar-refractivity contribution in [2.45, 2.75) is 45.6 Å². The maximum Gasteiger partial charge on any atom is 0.0515 e. The summed E-state index contributed by atoms with van der Waals surface area (Å²) < 4.78 is 0. The molecule has 0 saturated carbocycles. The molecule has 1 aliphatic rings. The van der Waals surface area contributed by atoms with Crippen molar-refractivity contribution in [2.24, 2.45) is 4.99 Å². The van der Waals surface area contributed by atoms with Crippen molar-refractivity contribution in [3.63, 3.8) is 0 Å². The average Bonchev–Trinajstić information content (AvgIpc) is 2.25. The predicted molar refractivity (Wildman–Crippen MR) is 65.7 cm³/mol. The minimum absolute atomic E-state index is 0.465. The van der Waals surface area contributed by atoms with Crippen LogP contribution in [0.25, 0.3) is 0 Å². The number of rotatable bonds is 3. The molecule has 0 amide bonds. The molecule has 80 valence electrons. The van der Waals surface area contributed by atoms with Crippen molar-refractivity contribution in [1.82, 2.24) is 0 Å². The molecule has 1 aromatic rings. The zero-order chi connectivity index (χ0) is 10.7. The number of benzene rings is 1. The van der Waals surface area contributed by atoms with Crippen LogP contribution in [0, 0.1) is 0 Å². The van der Waals surface area contributed by atoms with E-state index >= 15 is 0 Å². The number of hydrogen-bond acceptors (Lipinski definition) is 1. The summed E-state index contributed by atoms with van der Waals surface area (Å²) >= 11 is 0. The van der Waals surface area contributed by atoms with E-state index in [1.807, 2.05) is 0 Å². The molecule has 0 aromatic heterocycles. The Balaban J connectivity index is 2.27. The molecule has 1 aromatic carbocycles. The molecular weight excluding hydrogens is 182 g/mol. The van der Waals surface area contributed by atoms with Gasteiger partial charge in [-0.1, -0.05) is 37.6 Å². The molecule has 1 aliphatic heterocycles. The van der Waals surface area contributed by atoms with Crippen LogP contribution < -0.4 is 0 Å². The van der Waals surface area contributed by atoms with Crippen LogP contribution in [-0.2, 0) is 6.42 Å². The molecule has 0 N–H and O–H groups in total. The fraction of sp³-hybridized carbons (Fsp3) is 0.500. The summed E-state index contributed by atoms with van der Waals surface area (Å²) in [5.74, 6) is 0. The lowest BCUT2D eigenvalue weighted by Gasteiger charge is -2.21. The number of fused-ring (bicyclic) bond motifs is 1. The highest BCUT2D eigenvalue weighted by atomic mass is 14.8. The number of aliphatic imine (C=N–C) groups is 1. The third kappa shape index (κ3) is 2.28. The lowest BCUT2D eigenvalue weighted by Crippen LogP contribution is -2.18. The standard InChI is InChI=1S/C14H19N/c1-3-4-9-14-13-8-6-5-7-12(13)10-11(2)15-14/h5-8,11H,3-4,9-10H2,1-2H3. The lowest BCUT2D eigenvalue weighted by atomic mass is 9.92. The Morgan fingerprint density at radius 2 is 2.13 bits per heavy atom. The van der Waals surface area contributed by atoms with E-state index < -0.39 is 0 Å². The molecule has 0 saturated heterocycles. The molecule has 1 unspecified atom stereocenters.